The molecule has 0 aromatic carbocycles. The van der Waals surface area contributed by atoms with Gasteiger partial charge in [-0.05, 0) is 19.9 Å². The molecule has 0 bridgehead atoms. The lowest BCUT2D eigenvalue weighted by Crippen LogP contribution is -2.45. The Labute approximate surface area is 123 Å². The van der Waals surface area contributed by atoms with Gasteiger partial charge in [-0.2, -0.15) is 0 Å². The number of nitrogens with two attached hydrogens (primary N) is 1. The second-order valence-corrected chi connectivity index (χ2v) is 4.49. The molecular formula is C13H21N5O3. The molecule has 1 atom stereocenters. The quantitative estimate of drug-likeness (QED) is 0.307. The highest BCUT2D eigenvalue weighted by Crippen LogP contribution is 2.14. The number of carbonyl (C=O) groups excluding carboxylic acids is 2. The van der Waals surface area contributed by atoms with E-state index in [4.69, 9.17) is 10.6 Å². The van der Waals surface area contributed by atoms with Crippen LogP contribution in [0.5, 0.6) is 0 Å². The average Bonchev–Trinajstić information content (AvgIpc) is 2.46. The molecule has 0 radical (unpaired) electrons. The van der Waals surface area contributed by atoms with Crippen molar-refractivity contribution in [2.75, 3.05) is 25.7 Å². The largest absolute Gasteiger partial charge is 0.383 e. The van der Waals surface area contributed by atoms with E-state index in [1.54, 1.807) is 27.0 Å². The lowest BCUT2D eigenvalue weighted by atomic mass is 10.2. The van der Waals surface area contributed by atoms with Gasteiger partial charge in [-0.3, -0.25) is 20.4 Å². The van der Waals surface area contributed by atoms with Crippen molar-refractivity contribution in [1.29, 1.82) is 0 Å². The number of nitrogens with zero attached hydrogens (tertiary/aromatic N) is 1. The van der Waals surface area contributed by atoms with Crippen molar-refractivity contribution < 1.29 is 14.3 Å². The molecule has 0 saturated heterocycles. The zero-order valence-electron chi connectivity index (χ0n) is 12.4. The summed E-state index contributed by atoms with van der Waals surface area (Å²) in [5.74, 6) is 4.66. The van der Waals surface area contributed by atoms with Crippen LogP contribution in [-0.2, 0) is 9.53 Å². The second kappa shape index (κ2) is 8.18. The molecule has 5 N–H and O–H groups in total. The van der Waals surface area contributed by atoms with Crippen LogP contribution in [0.3, 0.4) is 0 Å². The van der Waals surface area contributed by atoms with Gasteiger partial charge in [0.25, 0.3) is 5.91 Å². The van der Waals surface area contributed by atoms with E-state index in [0.29, 0.717) is 18.8 Å². The third-order valence-corrected chi connectivity index (χ3v) is 2.79. The number of methoxy groups -OCH3 is 1. The monoisotopic (exact) mass is 295 g/mol. The van der Waals surface area contributed by atoms with E-state index >= 15 is 0 Å². The summed E-state index contributed by atoms with van der Waals surface area (Å²) in [6, 6.07) is 0.972. The molecular weight excluding hydrogens is 274 g/mol. The number of amides is 2. The fourth-order valence-electron chi connectivity index (χ4n) is 1.63. The molecule has 0 aliphatic rings. The number of pyridine rings is 1. The number of hydrogen-bond donors (Lipinski definition) is 4. The van der Waals surface area contributed by atoms with Gasteiger partial charge in [-0.25, -0.2) is 0 Å². The van der Waals surface area contributed by atoms with E-state index in [0.717, 1.165) is 5.69 Å². The maximum Gasteiger partial charge on any atom is 0.255 e. The summed E-state index contributed by atoms with van der Waals surface area (Å²) >= 11 is 0. The normalized spacial score (nSPS) is 11.6. The van der Waals surface area contributed by atoms with Gasteiger partial charge in [0, 0.05) is 25.5 Å². The summed E-state index contributed by atoms with van der Waals surface area (Å²) in [4.78, 5) is 27.9. The Bertz CT molecular complexity index is 507. The Balaban J connectivity index is 2.66. The summed E-state index contributed by atoms with van der Waals surface area (Å²) in [5.41, 5.74) is 3.90. The van der Waals surface area contributed by atoms with Crippen LogP contribution in [0.4, 0.5) is 5.69 Å². The number of nitrogens with one attached hydrogen (secondary N) is 3. The highest BCUT2D eigenvalue weighted by atomic mass is 16.5. The molecule has 116 valence electrons. The van der Waals surface area contributed by atoms with Crippen molar-refractivity contribution in [1.82, 2.24) is 15.6 Å². The van der Waals surface area contributed by atoms with Crippen molar-refractivity contribution in [3.05, 3.63) is 23.5 Å². The fourth-order valence-corrected chi connectivity index (χ4v) is 1.63. The molecule has 0 saturated carbocycles. The molecule has 1 heterocycles. The molecule has 0 aliphatic heterocycles. The first-order chi connectivity index (χ1) is 9.99. The van der Waals surface area contributed by atoms with Crippen LogP contribution in [0.25, 0.3) is 0 Å². The van der Waals surface area contributed by atoms with Crippen LogP contribution >= 0.6 is 0 Å². The molecule has 8 heteroatoms. The van der Waals surface area contributed by atoms with Gasteiger partial charge in [0.05, 0.1) is 17.9 Å². The van der Waals surface area contributed by atoms with Crippen molar-refractivity contribution >= 4 is 17.5 Å². The number of carbonyl (C=O) groups is 2. The summed E-state index contributed by atoms with van der Waals surface area (Å²) < 4.78 is 4.83. The number of nitrogen functional groups attached to an aromatic ring is 1. The van der Waals surface area contributed by atoms with E-state index in [2.05, 4.69) is 21.0 Å². The number of aryl methyl sites for hydroxylation is 1. The van der Waals surface area contributed by atoms with Gasteiger partial charge in [0.2, 0.25) is 5.91 Å². The van der Waals surface area contributed by atoms with E-state index in [1.807, 2.05) is 0 Å². The molecule has 0 spiro atoms. The lowest BCUT2D eigenvalue weighted by molar-refractivity contribution is -0.122. The molecule has 0 fully saturated rings. The minimum atomic E-state index is -0.679. The molecule has 1 unspecified atom stereocenters. The molecule has 0 aliphatic carbocycles. The molecule has 1 rings (SSSR count). The van der Waals surface area contributed by atoms with Crippen molar-refractivity contribution in [3.63, 3.8) is 0 Å². The lowest BCUT2D eigenvalue weighted by Gasteiger charge is -2.15. The topological polar surface area (TPSA) is 118 Å². The van der Waals surface area contributed by atoms with Gasteiger partial charge in [-0.1, -0.05) is 0 Å². The van der Waals surface area contributed by atoms with E-state index in [1.165, 1.54) is 6.20 Å². The van der Waals surface area contributed by atoms with Crippen molar-refractivity contribution in [3.8, 4) is 0 Å². The first-order valence-electron chi connectivity index (χ1n) is 6.50. The van der Waals surface area contributed by atoms with Gasteiger partial charge in [0.1, 0.15) is 6.04 Å². The Hall–Kier alpha value is -2.19. The van der Waals surface area contributed by atoms with E-state index in [9.17, 15) is 9.59 Å². The Morgan fingerprint density at radius 1 is 1.48 bits per heavy atom. The Morgan fingerprint density at radius 3 is 2.81 bits per heavy atom. The summed E-state index contributed by atoms with van der Waals surface area (Å²) in [7, 11) is 1.54. The van der Waals surface area contributed by atoms with Crippen LogP contribution in [0.1, 0.15) is 23.0 Å². The number of ether oxygens (including phenoxy) is 1. The smallest absolute Gasteiger partial charge is 0.255 e. The van der Waals surface area contributed by atoms with Crippen LogP contribution in [0, 0.1) is 6.92 Å². The predicted molar refractivity (Wildman–Crippen MR) is 78.6 cm³/mol. The van der Waals surface area contributed by atoms with Gasteiger partial charge >= 0.3 is 0 Å². The second-order valence-electron chi connectivity index (χ2n) is 4.49. The fraction of sp³-hybridized carbons (Fsp3) is 0.462. The molecule has 1 aromatic rings. The van der Waals surface area contributed by atoms with Gasteiger partial charge < -0.3 is 20.8 Å². The number of anilines is 1. The highest BCUT2D eigenvalue weighted by Gasteiger charge is 2.18. The molecule has 21 heavy (non-hydrogen) atoms. The Kier molecular flexibility index (Phi) is 6.57. The Morgan fingerprint density at radius 2 is 2.19 bits per heavy atom. The maximum atomic E-state index is 12.1. The summed E-state index contributed by atoms with van der Waals surface area (Å²) in [6.45, 7) is 4.18. The number of hydrazine groups is 1. The zero-order chi connectivity index (χ0) is 15.8. The number of hydrogen-bond acceptors (Lipinski definition) is 6. The van der Waals surface area contributed by atoms with Crippen LogP contribution < -0.4 is 21.9 Å². The minimum Gasteiger partial charge on any atom is -0.383 e. The van der Waals surface area contributed by atoms with E-state index < -0.39 is 11.9 Å². The minimum absolute atomic E-state index is 0.277. The number of aromatic nitrogens is 1. The van der Waals surface area contributed by atoms with Crippen molar-refractivity contribution in [2.24, 2.45) is 5.84 Å². The maximum absolute atomic E-state index is 12.1. The average molecular weight is 295 g/mol. The zero-order valence-corrected chi connectivity index (χ0v) is 12.4. The van der Waals surface area contributed by atoms with E-state index in [-0.39, 0.29) is 11.5 Å². The molecule has 1 aromatic heterocycles. The standard InChI is InChI=1S/C13H21N5O3/c1-8-6-11(18-14)10(7-16-8)13(20)17-9(2)12(19)15-4-5-21-3/h6-7,9H,4-5,14H2,1-3H3,(H,15,19)(H,16,18)(H,17,20). The first-order valence-corrected chi connectivity index (χ1v) is 6.50. The predicted octanol–water partition coefficient (Wildman–Crippen LogP) is -0.443. The SMILES string of the molecule is COCCNC(=O)C(C)NC(=O)c1cnc(C)cc1NN. The van der Waals surface area contributed by atoms with Gasteiger partial charge in [-0.15, -0.1) is 0 Å². The number of rotatable bonds is 7. The summed E-state index contributed by atoms with van der Waals surface area (Å²) in [6.07, 6.45) is 1.41. The first kappa shape index (κ1) is 16.9. The van der Waals surface area contributed by atoms with Gasteiger partial charge in [0.15, 0.2) is 0 Å². The third kappa shape index (κ3) is 5.01. The third-order valence-electron chi connectivity index (χ3n) is 2.79. The van der Waals surface area contributed by atoms with Crippen molar-refractivity contribution in [2.45, 2.75) is 19.9 Å². The van der Waals surface area contributed by atoms with Crippen LogP contribution in [0.15, 0.2) is 12.3 Å². The molecule has 8 nitrogen and oxygen atoms in total. The summed E-state index contributed by atoms with van der Waals surface area (Å²) in [5, 5.41) is 5.23. The molecule has 2 amide bonds. The van der Waals surface area contributed by atoms with Crippen LogP contribution in [-0.4, -0.2) is 43.1 Å². The highest BCUT2D eigenvalue weighted by molar-refractivity contribution is 6.01. The van der Waals surface area contributed by atoms with Crippen LogP contribution in [0.2, 0.25) is 0 Å².